The van der Waals surface area contributed by atoms with Gasteiger partial charge in [-0.3, -0.25) is 4.79 Å². The molecule has 6 heteroatoms. The third-order valence-corrected chi connectivity index (χ3v) is 2.97. The Morgan fingerprint density at radius 3 is 2.65 bits per heavy atom. The third kappa shape index (κ3) is 2.48. The molecular formula is C14H9ClFN3O. The molecule has 2 heterocycles. The van der Waals surface area contributed by atoms with Crippen molar-refractivity contribution in [1.82, 2.24) is 9.38 Å². The van der Waals surface area contributed by atoms with Gasteiger partial charge < -0.3 is 9.72 Å². The second-order valence-corrected chi connectivity index (χ2v) is 4.64. The molecule has 3 rings (SSSR count). The van der Waals surface area contributed by atoms with Crippen molar-refractivity contribution in [2.45, 2.75) is 0 Å². The van der Waals surface area contributed by atoms with Crippen LogP contribution in [0.15, 0.2) is 48.8 Å². The lowest BCUT2D eigenvalue weighted by atomic mass is 10.3. The number of aromatic nitrogens is 2. The summed E-state index contributed by atoms with van der Waals surface area (Å²) in [5.74, 6) is -0.721. The van der Waals surface area contributed by atoms with Gasteiger partial charge in [0.1, 0.15) is 17.2 Å². The van der Waals surface area contributed by atoms with Crippen molar-refractivity contribution in [2.75, 3.05) is 5.32 Å². The quantitative estimate of drug-likeness (QED) is 0.786. The largest absolute Gasteiger partial charge is 0.321 e. The van der Waals surface area contributed by atoms with Crippen LogP contribution in [0.2, 0.25) is 5.02 Å². The fourth-order valence-electron chi connectivity index (χ4n) is 1.80. The van der Waals surface area contributed by atoms with E-state index in [0.29, 0.717) is 16.4 Å². The van der Waals surface area contributed by atoms with Crippen molar-refractivity contribution in [3.63, 3.8) is 0 Å². The highest BCUT2D eigenvalue weighted by atomic mass is 35.5. The van der Waals surface area contributed by atoms with Gasteiger partial charge in [0.05, 0.1) is 5.02 Å². The maximum atomic E-state index is 12.8. The number of anilines is 1. The first-order valence-electron chi connectivity index (χ1n) is 5.83. The zero-order chi connectivity index (χ0) is 14.1. The smallest absolute Gasteiger partial charge is 0.275 e. The lowest BCUT2D eigenvalue weighted by Crippen LogP contribution is -2.12. The van der Waals surface area contributed by atoms with Gasteiger partial charge in [-0.1, -0.05) is 11.6 Å². The first-order chi connectivity index (χ1) is 9.61. The predicted molar refractivity (Wildman–Crippen MR) is 74.6 cm³/mol. The molecule has 0 aliphatic carbocycles. The van der Waals surface area contributed by atoms with Gasteiger partial charge in [-0.05, 0) is 36.4 Å². The predicted octanol–water partition coefficient (Wildman–Crippen LogP) is 3.38. The van der Waals surface area contributed by atoms with E-state index in [2.05, 4.69) is 10.3 Å². The van der Waals surface area contributed by atoms with E-state index in [1.807, 2.05) is 0 Å². The Balaban J connectivity index is 1.86. The number of rotatable bonds is 2. The Kier molecular flexibility index (Phi) is 3.12. The van der Waals surface area contributed by atoms with Crippen LogP contribution < -0.4 is 5.32 Å². The van der Waals surface area contributed by atoms with Crippen LogP contribution in [-0.2, 0) is 0 Å². The fraction of sp³-hybridized carbons (Fsp3) is 0. The first-order valence-corrected chi connectivity index (χ1v) is 6.21. The molecule has 100 valence electrons. The van der Waals surface area contributed by atoms with Crippen LogP contribution in [0.4, 0.5) is 10.1 Å². The molecule has 1 aromatic carbocycles. The molecule has 0 atom stereocenters. The molecule has 0 bridgehead atoms. The summed E-state index contributed by atoms with van der Waals surface area (Å²) in [4.78, 5) is 16.2. The minimum absolute atomic E-state index is 0.261. The second kappa shape index (κ2) is 4.94. The van der Waals surface area contributed by atoms with Gasteiger partial charge in [0.25, 0.3) is 5.91 Å². The topological polar surface area (TPSA) is 46.4 Å². The van der Waals surface area contributed by atoms with E-state index in [1.54, 1.807) is 28.9 Å². The number of nitrogens with one attached hydrogen (secondary N) is 1. The summed E-state index contributed by atoms with van der Waals surface area (Å²) in [6, 6.07) is 8.94. The number of pyridine rings is 1. The normalized spacial score (nSPS) is 10.7. The van der Waals surface area contributed by atoms with E-state index in [-0.39, 0.29) is 17.4 Å². The average molecular weight is 290 g/mol. The van der Waals surface area contributed by atoms with Crippen molar-refractivity contribution in [1.29, 1.82) is 0 Å². The Morgan fingerprint density at radius 1 is 1.15 bits per heavy atom. The molecule has 0 radical (unpaired) electrons. The Morgan fingerprint density at radius 2 is 1.90 bits per heavy atom. The van der Waals surface area contributed by atoms with E-state index in [4.69, 9.17) is 11.6 Å². The number of fused-ring (bicyclic) bond motifs is 1. The van der Waals surface area contributed by atoms with Crippen molar-refractivity contribution in [3.05, 3.63) is 65.3 Å². The highest BCUT2D eigenvalue weighted by Gasteiger charge is 2.11. The highest BCUT2D eigenvalue weighted by Crippen LogP contribution is 2.14. The maximum absolute atomic E-state index is 12.8. The van der Waals surface area contributed by atoms with Gasteiger partial charge in [0.15, 0.2) is 0 Å². The number of hydrogen-bond acceptors (Lipinski definition) is 2. The van der Waals surface area contributed by atoms with Crippen LogP contribution in [0.1, 0.15) is 10.5 Å². The number of carbonyl (C=O) groups excluding carboxylic acids is 1. The van der Waals surface area contributed by atoms with Gasteiger partial charge in [0, 0.05) is 18.1 Å². The van der Waals surface area contributed by atoms with E-state index >= 15 is 0 Å². The number of benzene rings is 1. The Bertz CT molecular complexity index is 783. The van der Waals surface area contributed by atoms with Crippen LogP contribution in [-0.4, -0.2) is 15.3 Å². The summed E-state index contributed by atoms with van der Waals surface area (Å²) in [7, 11) is 0. The van der Waals surface area contributed by atoms with Crippen molar-refractivity contribution in [3.8, 4) is 0 Å². The Labute approximate surface area is 118 Å². The summed E-state index contributed by atoms with van der Waals surface area (Å²) in [5, 5.41) is 3.20. The number of hydrogen-bond donors (Lipinski definition) is 1. The molecule has 0 aliphatic rings. The van der Waals surface area contributed by atoms with Gasteiger partial charge in [-0.25, -0.2) is 9.37 Å². The van der Waals surface area contributed by atoms with Crippen molar-refractivity contribution in [2.24, 2.45) is 0 Å². The monoisotopic (exact) mass is 289 g/mol. The highest BCUT2D eigenvalue weighted by molar-refractivity contribution is 6.30. The molecule has 1 N–H and O–H groups in total. The fourth-order valence-corrected chi connectivity index (χ4v) is 1.97. The standard InChI is InChI=1S/C14H9ClFN3O/c15-9-1-6-13-18-12(8-19(13)7-9)14(20)17-11-4-2-10(16)3-5-11/h1-8H,(H,17,20). The van der Waals surface area contributed by atoms with Crippen LogP contribution in [0.25, 0.3) is 5.65 Å². The number of nitrogens with zero attached hydrogens (tertiary/aromatic N) is 2. The van der Waals surface area contributed by atoms with Gasteiger partial charge >= 0.3 is 0 Å². The van der Waals surface area contributed by atoms with Gasteiger partial charge in [-0.15, -0.1) is 0 Å². The molecule has 4 nitrogen and oxygen atoms in total. The minimum atomic E-state index is -0.364. The molecule has 0 aliphatic heterocycles. The molecule has 1 amide bonds. The van der Waals surface area contributed by atoms with Crippen LogP contribution >= 0.6 is 11.6 Å². The second-order valence-electron chi connectivity index (χ2n) is 4.20. The molecule has 0 saturated carbocycles. The van der Waals surface area contributed by atoms with Crippen LogP contribution in [0.5, 0.6) is 0 Å². The summed E-state index contributed by atoms with van der Waals surface area (Å²) in [6.45, 7) is 0. The van der Waals surface area contributed by atoms with Gasteiger partial charge in [0.2, 0.25) is 0 Å². The SMILES string of the molecule is O=C(Nc1ccc(F)cc1)c1cn2cc(Cl)ccc2n1. The molecule has 3 aromatic rings. The van der Waals surface area contributed by atoms with E-state index in [9.17, 15) is 9.18 Å². The Hall–Kier alpha value is -2.40. The number of carbonyl (C=O) groups is 1. The molecular weight excluding hydrogens is 281 g/mol. The van der Waals surface area contributed by atoms with Crippen LogP contribution in [0, 0.1) is 5.82 Å². The molecule has 0 fully saturated rings. The minimum Gasteiger partial charge on any atom is -0.321 e. The van der Waals surface area contributed by atoms with Crippen LogP contribution in [0.3, 0.4) is 0 Å². The van der Waals surface area contributed by atoms with E-state index < -0.39 is 0 Å². The molecule has 0 unspecified atom stereocenters. The molecule has 0 saturated heterocycles. The zero-order valence-electron chi connectivity index (χ0n) is 10.2. The van der Waals surface area contributed by atoms with E-state index in [1.165, 1.54) is 24.3 Å². The maximum Gasteiger partial charge on any atom is 0.275 e. The van der Waals surface area contributed by atoms with Gasteiger partial charge in [-0.2, -0.15) is 0 Å². The third-order valence-electron chi connectivity index (χ3n) is 2.75. The lowest BCUT2D eigenvalue weighted by molar-refractivity contribution is 0.102. The summed E-state index contributed by atoms with van der Waals surface area (Å²) in [5.41, 5.74) is 1.39. The number of amides is 1. The summed E-state index contributed by atoms with van der Waals surface area (Å²) >= 11 is 5.87. The molecule has 0 spiro atoms. The summed E-state index contributed by atoms with van der Waals surface area (Å²) < 4.78 is 14.5. The molecule has 20 heavy (non-hydrogen) atoms. The summed E-state index contributed by atoms with van der Waals surface area (Å²) in [6.07, 6.45) is 3.25. The number of imidazole rings is 1. The molecule has 2 aromatic heterocycles. The van der Waals surface area contributed by atoms with Crippen molar-refractivity contribution < 1.29 is 9.18 Å². The zero-order valence-corrected chi connectivity index (χ0v) is 10.9. The van der Waals surface area contributed by atoms with Crippen molar-refractivity contribution >= 4 is 28.8 Å². The first kappa shape index (κ1) is 12.6. The number of halogens is 2. The van der Waals surface area contributed by atoms with E-state index in [0.717, 1.165) is 0 Å². The lowest BCUT2D eigenvalue weighted by Gasteiger charge is -2.02. The average Bonchev–Trinajstić information content (AvgIpc) is 2.84.